The highest BCUT2D eigenvalue weighted by Gasteiger charge is 2.20. The molecule has 1 atom stereocenters. The van der Waals surface area contributed by atoms with Crippen LogP contribution in [0.2, 0.25) is 0 Å². The Balaban J connectivity index is 1.89. The van der Waals surface area contributed by atoms with Crippen LogP contribution in [0, 0.1) is 5.92 Å². The fourth-order valence-electron chi connectivity index (χ4n) is 2.72. The van der Waals surface area contributed by atoms with Crippen LogP contribution in [-0.4, -0.2) is 11.2 Å². The predicted molar refractivity (Wildman–Crippen MR) is 67.3 cm³/mol. The van der Waals surface area contributed by atoms with E-state index < -0.39 is 0 Å². The van der Waals surface area contributed by atoms with Crippen molar-refractivity contribution in [3.8, 4) is 0 Å². The van der Waals surface area contributed by atoms with Gasteiger partial charge in [0.15, 0.2) is 0 Å². The van der Waals surface area contributed by atoms with Gasteiger partial charge in [0, 0.05) is 0 Å². The largest absolute Gasteiger partial charge is 0.392 e. The van der Waals surface area contributed by atoms with Gasteiger partial charge in [-0.2, -0.15) is 0 Å². The molecule has 1 aliphatic carbocycles. The van der Waals surface area contributed by atoms with E-state index in [2.05, 4.69) is 24.3 Å². The van der Waals surface area contributed by atoms with Crippen LogP contribution >= 0.6 is 0 Å². The average Bonchev–Trinajstić information content (AvgIpc) is 2.59. The zero-order valence-electron chi connectivity index (χ0n) is 9.94. The summed E-state index contributed by atoms with van der Waals surface area (Å²) in [6, 6.07) is 10.4. The summed E-state index contributed by atoms with van der Waals surface area (Å²) in [5, 5.41) is 10.3. The third kappa shape index (κ3) is 3.34. The van der Waals surface area contributed by atoms with Crippen LogP contribution < -0.4 is 0 Å². The van der Waals surface area contributed by atoms with Crippen molar-refractivity contribution in [1.29, 1.82) is 0 Å². The Morgan fingerprint density at radius 2 is 1.62 bits per heavy atom. The maximum absolute atomic E-state index is 10.3. The summed E-state index contributed by atoms with van der Waals surface area (Å²) in [5.41, 5.74) is 1.26. The Morgan fingerprint density at radius 1 is 1.00 bits per heavy atom. The molecular formula is C15H22O. The van der Waals surface area contributed by atoms with Crippen molar-refractivity contribution in [3.05, 3.63) is 35.9 Å². The van der Waals surface area contributed by atoms with E-state index in [4.69, 9.17) is 0 Å². The van der Waals surface area contributed by atoms with E-state index in [1.165, 1.54) is 44.1 Å². The van der Waals surface area contributed by atoms with Gasteiger partial charge in [-0.1, -0.05) is 56.0 Å². The molecule has 0 bridgehead atoms. The molecule has 0 spiro atoms. The zero-order chi connectivity index (χ0) is 11.2. The number of hydrogen-bond donors (Lipinski definition) is 1. The summed E-state index contributed by atoms with van der Waals surface area (Å²) < 4.78 is 0. The molecule has 1 nitrogen and oxygen atoms in total. The quantitative estimate of drug-likeness (QED) is 0.769. The van der Waals surface area contributed by atoms with Gasteiger partial charge in [0.2, 0.25) is 0 Å². The number of hydrogen-bond acceptors (Lipinski definition) is 1. The van der Waals surface area contributed by atoms with E-state index in [0.29, 0.717) is 5.92 Å². The molecule has 1 saturated carbocycles. The minimum Gasteiger partial charge on any atom is -0.392 e. The molecule has 1 aromatic rings. The normalized spacial score (nSPS) is 20.3. The smallest absolute Gasteiger partial charge is 0.0608 e. The molecule has 0 saturated heterocycles. The first-order chi connectivity index (χ1) is 7.86. The van der Waals surface area contributed by atoms with Gasteiger partial charge >= 0.3 is 0 Å². The van der Waals surface area contributed by atoms with Gasteiger partial charge in [-0.3, -0.25) is 0 Å². The van der Waals surface area contributed by atoms with E-state index in [9.17, 15) is 5.11 Å². The average molecular weight is 218 g/mol. The highest BCUT2D eigenvalue weighted by Crippen LogP contribution is 2.26. The Kier molecular flexibility index (Phi) is 4.41. The second kappa shape index (κ2) is 6.05. The van der Waals surface area contributed by atoms with Crippen LogP contribution in [0.4, 0.5) is 0 Å². The molecule has 1 N–H and O–H groups in total. The molecule has 0 aromatic heterocycles. The van der Waals surface area contributed by atoms with E-state index in [1.807, 2.05) is 6.07 Å². The topological polar surface area (TPSA) is 20.2 Å². The Bertz CT molecular complexity index is 286. The lowest BCUT2D eigenvalue weighted by Crippen LogP contribution is -2.22. The van der Waals surface area contributed by atoms with E-state index >= 15 is 0 Å². The molecule has 1 heteroatoms. The summed E-state index contributed by atoms with van der Waals surface area (Å²) in [4.78, 5) is 0. The molecule has 1 aliphatic rings. The Labute approximate surface area is 98.5 Å². The zero-order valence-corrected chi connectivity index (χ0v) is 9.94. The van der Waals surface area contributed by atoms with Crippen LogP contribution in [0.15, 0.2) is 30.3 Å². The lowest BCUT2D eigenvalue weighted by Gasteiger charge is -2.21. The Morgan fingerprint density at radius 3 is 2.25 bits per heavy atom. The first kappa shape index (κ1) is 11.7. The summed E-state index contributed by atoms with van der Waals surface area (Å²) in [5.74, 6) is 0.530. The molecule has 2 rings (SSSR count). The van der Waals surface area contributed by atoms with E-state index in [0.717, 1.165) is 6.42 Å². The van der Waals surface area contributed by atoms with E-state index in [1.54, 1.807) is 0 Å². The summed E-state index contributed by atoms with van der Waals surface area (Å²) in [7, 11) is 0. The van der Waals surface area contributed by atoms with Gasteiger partial charge in [-0.15, -0.1) is 0 Å². The van der Waals surface area contributed by atoms with Gasteiger partial charge in [0.25, 0.3) is 0 Å². The molecule has 1 fully saturated rings. The molecule has 1 aromatic carbocycles. The fraction of sp³-hybridized carbons (Fsp3) is 0.600. The number of aliphatic hydroxyl groups excluding tert-OH is 1. The standard InChI is InChI=1S/C15H22O/c16-15(12-13-8-4-3-5-9-13)14-10-6-1-2-7-11-14/h3-5,8-9,14-16H,1-2,6-7,10-12H2. The minimum atomic E-state index is -0.138. The third-order valence-electron chi connectivity index (χ3n) is 3.73. The molecule has 0 aliphatic heterocycles. The maximum atomic E-state index is 10.3. The number of rotatable bonds is 3. The Hall–Kier alpha value is -0.820. The lowest BCUT2D eigenvalue weighted by atomic mass is 9.90. The molecule has 0 amide bonds. The lowest BCUT2D eigenvalue weighted by molar-refractivity contribution is 0.0986. The minimum absolute atomic E-state index is 0.138. The number of benzene rings is 1. The van der Waals surface area contributed by atoms with Crippen LogP contribution in [0.5, 0.6) is 0 Å². The molecule has 1 unspecified atom stereocenters. The van der Waals surface area contributed by atoms with Crippen molar-refractivity contribution in [2.45, 2.75) is 51.0 Å². The van der Waals surface area contributed by atoms with Crippen LogP contribution in [0.25, 0.3) is 0 Å². The monoisotopic (exact) mass is 218 g/mol. The van der Waals surface area contributed by atoms with E-state index in [-0.39, 0.29) is 6.10 Å². The fourth-order valence-corrected chi connectivity index (χ4v) is 2.72. The van der Waals surface area contributed by atoms with Gasteiger partial charge < -0.3 is 5.11 Å². The molecule has 0 heterocycles. The summed E-state index contributed by atoms with van der Waals surface area (Å²) in [6.07, 6.45) is 8.43. The van der Waals surface area contributed by atoms with Crippen molar-refractivity contribution in [3.63, 3.8) is 0 Å². The number of aliphatic hydroxyl groups is 1. The molecule has 88 valence electrons. The first-order valence-corrected chi connectivity index (χ1v) is 6.58. The highest BCUT2D eigenvalue weighted by atomic mass is 16.3. The third-order valence-corrected chi connectivity index (χ3v) is 3.73. The van der Waals surface area contributed by atoms with Crippen LogP contribution in [0.3, 0.4) is 0 Å². The summed E-state index contributed by atoms with van der Waals surface area (Å²) >= 11 is 0. The van der Waals surface area contributed by atoms with Crippen molar-refractivity contribution in [2.75, 3.05) is 0 Å². The highest BCUT2D eigenvalue weighted by molar-refractivity contribution is 5.15. The SMILES string of the molecule is OC(Cc1ccccc1)C1CCCCCC1. The van der Waals surface area contributed by atoms with Crippen molar-refractivity contribution in [1.82, 2.24) is 0 Å². The predicted octanol–water partition coefficient (Wildman–Crippen LogP) is 3.56. The van der Waals surface area contributed by atoms with Crippen LogP contribution in [-0.2, 0) is 6.42 Å². The molecule has 16 heavy (non-hydrogen) atoms. The van der Waals surface area contributed by atoms with Gasteiger partial charge in [-0.25, -0.2) is 0 Å². The first-order valence-electron chi connectivity index (χ1n) is 6.58. The van der Waals surface area contributed by atoms with Crippen molar-refractivity contribution < 1.29 is 5.11 Å². The maximum Gasteiger partial charge on any atom is 0.0608 e. The summed E-state index contributed by atoms with van der Waals surface area (Å²) in [6.45, 7) is 0. The second-order valence-corrected chi connectivity index (χ2v) is 5.01. The van der Waals surface area contributed by atoms with Crippen molar-refractivity contribution in [2.24, 2.45) is 5.92 Å². The van der Waals surface area contributed by atoms with Crippen LogP contribution in [0.1, 0.15) is 44.1 Å². The molecular weight excluding hydrogens is 196 g/mol. The van der Waals surface area contributed by atoms with Gasteiger partial charge in [0.05, 0.1) is 6.10 Å². The van der Waals surface area contributed by atoms with Gasteiger partial charge in [-0.05, 0) is 30.7 Å². The second-order valence-electron chi connectivity index (χ2n) is 5.01. The van der Waals surface area contributed by atoms with Crippen molar-refractivity contribution >= 4 is 0 Å². The molecule has 0 radical (unpaired) electrons. The van der Waals surface area contributed by atoms with Gasteiger partial charge in [0.1, 0.15) is 0 Å².